The monoisotopic (exact) mass is 349 g/mol. The van der Waals surface area contributed by atoms with Gasteiger partial charge in [0.15, 0.2) is 0 Å². The van der Waals surface area contributed by atoms with E-state index in [1.54, 1.807) is 11.3 Å². The number of hydrogen-bond donors (Lipinski definition) is 2. The Morgan fingerprint density at radius 1 is 1.29 bits per heavy atom. The minimum absolute atomic E-state index is 0.0409. The minimum atomic E-state index is -0.243. The molecule has 0 aliphatic carbocycles. The number of nitrogens with one attached hydrogen (secondary N) is 1. The second-order valence-electron chi connectivity index (χ2n) is 5.20. The third-order valence-corrected chi connectivity index (χ3v) is 4.11. The lowest BCUT2D eigenvalue weighted by Crippen LogP contribution is -2.31. The van der Waals surface area contributed by atoms with Crippen molar-refractivity contribution in [2.24, 2.45) is 0 Å². The highest BCUT2D eigenvalue weighted by atomic mass is 32.1. The van der Waals surface area contributed by atoms with Crippen molar-refractivity contribution in [3.05, 3.63) is 52.2 Å². The molecule has 1 atom stereocenters. The molecular formula is C18H23NO4S. The number of hydrogen-bond acceptors (Lipinski definition) is 5. The SMILES string of the molecule is CCOc1ccc(CC(=O)NCC(OCCO)c2ccsc2)cc1. The number of amides is 1. The van der Waals surface area contributed by atoms with Crippen molar-refractivity contribution in [1.29, 1.82) is 0 Å². The van der Waals surface area contributed by atoms with Gasteiger partial charge >= 0.3 is 0 Å². The summed E-state index contributed by atoms with van der Waals surface area (Å²) in [5.74, 6) is 0.739. The summed E-state index contributed by atoms with van der Waals surface area (Å²) in [7, 11) is 0. The number of benzene rings is 1. The summed E-state index contributed by atoms with van der Waals surface area (Å²) in [5, 5.41) is 15.8. The average molecular weight is 349 g/mol. The Morgan fingerprint density at radius 2 is 2.08 bits per heavy atom. The van der Waals surface area contributed by atoms with Gasteiger partial charge in [0.2, 0.25) is 5.91 Å². The maximum absolute atomic E-state index is 12.1. The van der Waals surface area contributed by atoms with Gasteiger partial charge in [0.1, 0.15) is 11.9 Å². The molecule has 0 aliphatic rings. The highest BCUT2D eigenvalue weighted by molar-refractivity contribution is 7.07. The minimum Gasteiger partial charge on any atom is -0.494 e. The van der Waals surface area contributed by atoms with Crippen LogP contribution in [0.15, 0.2) is 41.1 Å². The van der Waals surface area contributed by atoms with Crippen molar-refractivity contribution in [1.82, 2.24) is 5.32 Å². The first-order valence-electron chi connectivity index (χ1n) is 7.96. The summed E-state index contributed by atoms with van der Waals surface area (Å²) in [6.45, 7) is 3.14. The standard InChI is InChI=1S/C18H23NO4S/c1-2-22-16-5-3-14(4-6-16)11-18(21)19-12-17(23-9-8-20)15-7-10-24-13-15/h3-7,10,13,17,20H,2,8-9,11-12H2,1H3,(H,19,21). The second kappa shape index (κ2) is 10.1. The first-order valence-corrected chi connectivity index (χ1v) is 8.90. The van der Waals surface area contributed by atoms with Crippen LogP contribution in [0.2, 0.25) is 0 Å². The number of aliphatic hydroxyl groups is 1. The van der Waals surface area contributed by atoms with Crippen LogP contribution >= 0.6 is 11.3 Å². The molecule has 1 aromatic carbocycles. The molecule has 24 heavy (non-hydrogen) atoms. The fourth-order valence-corrected chi connectivity index (χ4v) is 2.95. The maximum atomic E-state index is 12.1. The molecule has 1 unspecified atom stereocenters. The molecular weight excluding hydrogens is 326 g/mol. The summed E-state index contributed by atoms with van der Waals surface area (Å²) in [4.78, 5) is 12.1. The molecule has 2 aromatic rings. The van der Waals surface area contributed by atoms with Gasteiger partial charge in [-0.3, -0.25) is 4.79 Å². The summed E-state index contributed by atoms with van der Waals surface area (Å²) in [6.07, 6.45) is 0.0654. The highest BCUT2D eigenvalue weighted by Crippen LogP contribution is 2.19. The molecule has 0 saturated heterocycles. The average Bonchev–Trinajstić information content (AvgIpc) is 3.11. The van der Waals surface area contributed by atoms with Crippen LogP contribution in [0.4, 0.5) is 0 Å². The van der Waals surface area contributed by atoms with E-state index in [1.807, 2.05) is 48.0 Å². The largest absolute Gasteiger partial charge is 0.494 e. The van der Waals surface area contributed by atoms with Crippen LogP contribution in [0.25, 0.3) is 0 Å². The molecule has 0 aliphatic heterocycles. The van der Waals surface area contributed by atoms with Crippen molar-refractivity contribution in [3.8, 4) is 5.75 Å². The number of carbonyl (C=O) groups excluding carboxylic acids is 1. The Balaban J connectivity index is 1.84. The summed E-state index contributed by atoms with van der Waals surface area (Å²) in [5.41, 5.74) is 1.94. The zero-order valence-corrected chi connectivity index (χ0v) is 14.6. The number of carbonyl (C=O) groups is 1. The summed E-state index contributed by atoms with van der Waals surface area (Å²) in [6, 6.07) is 9.48. The van der Waals surface area contributed by atoms with Crippen LogP contribution in [-0.2, 0) is 16.0 Å². The molecule has 1 aromatic heterocycles. The van der Waals surface area contributed by atoms with Gasteiger partial charge in [-0.2, -0.15) is 11.3 Å². The molecule has 5 nitrogen and oxygen atoms in total. The Bertz CT molecular complexity index is 598. The van der Waals surface area contributed by atoms with Crippen LogP contribution in [0, 0.1) is 0 Å². The zero-order valence-electron chi connectivity index (χ0n) is 13.7. The fraction of sp³-hybridized carbons (Fsp3) is 0.389. The van der Waals surface area contributed by atoms with Gasteiger partial charge in [-0.25, -0.2) is 0 Å². The van der Waals surface area contributed by atoms with Crippen molar-refractivity contribution in [2.75, 3.05) is 26.4 Å². The first-order chi connectivity index (χ1) is 11.7. The predicted molar refractivity (Wildman–Crippen MR) is 94.4 cm³/mol. The van der Waals surface area contributed by atoms with E-state index in [1.165, 1.54) is 0 Å². The molecule has 0 radical (unpaired) electrons. The molecule has 6 heteroatoms. The first kappa shape index (κ1) is 18.4. The van der Waals surface area contributed by atoms with E-state index in [-0.39, 0.29) is 25.2 Å². The van der Waals surface area contributed by atoms with Crippen LogP contribution in [-0.4, -0.2) is 37.4 Å². The maximum Gasteiger partial charge on any atom is 0.224 e. The van der Waals surface area contributed by atoms with Crippen LogP contribution in [0.5, 0.6) is 5.75 Å². The van der Waals surface area contributed by atoms with E-state index in [9.17, 15) is 4.79 Å². The number of ether oxygens (including phenoxy) is 2. The van der Waals surface area contributed by atoms with Crippen LogP contribution in [0.1, 0.15) is 24.2 Å². The van der Waals surface area contributed by atoms with Crippen LogP contribution < -0.4 is 10.1 Å². The van der Waals surface area contributed by atoms with Gasteiger partial charge in [-0.05, 0) is 47.0 Å². The molecule has 1 heterocycles. The smallest absolute Gasteiger partial charge is 0.224 e. The van der Waals surface area contributed by atoms with Gasteiger partial charge in [-0.15, -0.1) is 0 Å². The van der Waals surface area contributed by atoms with E-state index >= 15 is 0 Å². The zero-order chi connectivity index (χ0) is 17.2. The molecule has 0 saturated carbocycles. The second-order valence-corrected chi connectivity index (χ2v) is 5.98. The third kappa shape index (κ3) is 5.96. The van der Waals surface area contributed by atoms with E-state index in [4.69, 9.17) is 14.6 Å². The topological polar surface area (TPSA) is 67.8 Å². The van der Waals surface area contributed by atoms with E-state index in [2.05, 4.69) is 5.32 Å². The number of thiophene rings is 1. The number of rotatable bonds is 10. The van der Waals surface area contributed by atoms with Gasteiger partial charge < -0.3 is 19.9 Å². The lowest BCUT2D eigenvalue weighted by atomic mass is 10.1. The molecule has 1 amide bonds. The highest BCUT2D eigenvalue weighted by Gasteiger charge is 2.14. The van der Waals surface area contributed by atoms with Gasteiger partial charge in [0, 0.05) is 6.54 Å². The lowest BCUT2D eigenvalue weighted by molar-refractivity contribution is -0.121. The number of aliphatic hydroxyl groups excluding tert-OH is 1. The Kier molecular flexibility index (Phi) is 7.74. The summed E-state index contributed by atoms with van der Waals surface area (Å²) < 4.78 is 11.0. The van der Waals surface area contributed by atoms with Gasteiger partial charge in [0.05, 0.1) is 26.2 Å². The van der Waals surface area contributed by atoms with Crippen molar-refractivity contribution >= 4 is 17.2 Å². The van der Waals surface area contributed by atoms with Gasteiger partial charge in [0.25, 0.3) is 0 Å². The van der Waals surface area contributed by atoms with Crippen molar-refractivity contribution in [3.63, 3.8) is 0 Å². The quantitative estimate of drug-likeness (QED) is 0.692. The Labute approximate surface area is 146 Å². The predicted octanol–water partition coefficient (Wildman–Crippen LogP) is 2.56. The molecule has 130 valence electrons. The molecule has 0 fully saturated rings. The van der Waals surface area contributed by atoms with Crippen LogP contribution in [0.3, 0.4) is 0 Å². The molecule has 2 rings (SSSR count). The van der Waals surface area contributed by atoms with E-state index in [0.29, 0.717) is 19.6 Å². The van der Waals surface area contributed by atoms with Gasteiger partial charge in [-0.1, -0.05) is 12.1 Å². The normalized spacial score (nSPS) is 11.9. The fourth-order valence-electron chi connectivity index (χ4n) is 2.25. The Hall–Kier alpha value is -1.89. The summed E-state index contributed by atoms with van der Waals surface area (Å²) >= 11 is 1.58. The molecule has 2 N–H and O–H groups in total. The Morgan fingerprint density at radius 3 is 2.71 bits per heavy atom. The van der Waals surface area contributed by atoms with E-state index < -0.39 is 0 Å². The lowest BCUT2D eigenvalue weighted by Gasteiger charge is -2.17. The molecule has 0 spiro atoms. The molecule has 0 bridgehead atoms. The third-order valence-electron chi connectivity index (χ3n) is 3.41. The van der Waals surface area contributed by atoms with E-state index in [0.717, 1.165) is 16.9 Å². The van der Waals surface area contributed by atoms with Crippen molar-refractivity contribution in [2.45, 2.75) is 19.4 Å². The van der Waals surface area contributed by atoms with Crippen molar-refractivity contribution < 1.29 is 19.4 Å².